The van der Waals surface area contributed by atoms with Gasteiger partial charge >= 0.3 is 0 Å². The maximum atomic E-state index is 14.5. The van der Waals surface area contributed by atoms with Gasteiger partial charge in [0.1, 0.15) is 11.7 Å². The van der Waals surface area contributed by atoms with Gasteiger partial charge in [0.25, 0.3) is 5.91 Å². The number of rotatable bonds is 7. The molecular formula is C33H37N7O7. The minimum Gasteiger partial charge on any atom is -0.507 e. The number of nitrogens with zero attached hydrogens (tertiary/aromatic N) is 3. The molecule has 0 spiro atoms. The number of carbonyl (C=O) groups excluding carboxylic acids is 6. The van der Waals surface area contributed by atoms with E-state index in [0.29, 0.717) is 35.3 Å². The number of hydrogen-bond acceptors (Lipinski definition) is 12. The quantitative estimate of drug-likeness (QED) is 0.223. The lowest BCUT2D eigenvalue weighted by Gasteiger charge is -2.60. The van der Waals surface area contributed by atoms with Gasteiger partial charge < -0.3 is 32.5 Å². The molecule has 0 saturated heterocycles. The fourth-order valence-electron chi connectivity index (χ4n) is 7.77. The molecule has 2 saturated carbocycles. The highest BCUT2D eigenvalue weighted by Crippen LogP contribution is 2.56. The molecule has 0 bridgehead atoms. The minimum atomic E-state index is -2.81. The number of aromatic hydroxyl groups is 1. The maximum Gasteiger partial charge on any atom is 0.251 e. The monoisotopic (exact) mass is 643 g/mol. The van der Waals surface area contributed by atoms with Gasteiger partial charge in [0.05, 0.1) is 23.2 Å². The fraction of sp³-hybridized carbons (Fsp3) is 0.424. The van der Waals surface area contributed by atoms with Crippen LogP contribution >= 0.6 is 0 Å². The van der Waals surface area contributed by atoms with Crippen molar-refractivity contribution in [2.45, 2.75) is 30.0 Å². The van der Waals surface area contributed by atoms with Crippen LogP contribution in [0.2, 0.25) is 0 Å². The number of likely N-dealkylation sites (N-methyl/N-ethyl adjacent to an activating group) is 2. The highest BCUT2D eigenvalue weighted by atomic mass is 16.3. The molecule has 47 heavy (non-hydrogen) atoms. The first-order valence-electron chi connectivity index (χ1n) is 15.0. The Hall–Kier alpha value is -4.81. The van der Waals surface area contributed by atoms with Gasteiger partial charge in [0.15, 0.2) is 34.5 Å². The second-order valence-electron chi connectivity index (χ2n) is 13.2. The standard InChI is InChI=1S/C33H37N7O7/c1-39(2)12-11-38-30(47)17-7-5-16(6-8-17)18-9-10-20(41)21-19(18)13-31(36)14-33(37)26(40(3)4)25(43)22(29(35)46)27(44)32(33,15-34)28(45)23(31)24(21)42/h5-10,22-23,26,41H,11-14,36-37H2,1-4H3,(H2,35,46)(H,38,47)/t22?,23?,26-,31-,32+,33-/m1/s1. The van der Waals surface area contributed by atoms with Gasteiger partial charge in [-0.3, -0.25) is 33.7 Å². The maximum absolute atomic E-state index is 14.5. The molecule has 0 aromatic heterocycles. The molecule has 0 heterocycles. The van der Waals surface area contributed by atoms with Crippen LogP contribution in [0.4, 0.5) is 0 Å². The number of nitriles is 1. The van der Waals surface area contributed by atoms with Gasteiger partial charge in [0, 0.05) is 24.2 Å². The molecular weight excluding hydrogens is 606 g/mol. The number of nitrogens with one attached hydrogen (secondary N) is 1. The van der Waals surface area contributed by atoms with Crippen LogP contribution in [0.3, 0.4) is 0 Å². The molecule has 14 heteroatoms. The van der Waals surface area contributed by atoms with Gasteiger partial charge in [-0.15, -0.1) is 0 Å². The van der Waals surface area contributed by atoms with Crippen LogP contribution < -0.4 is 22.5 Å². The van der Waals surface area contributed by atoms with E-state index < -0.39 is 75.6 Å². The van der Waals surface area contributed by atoms with Gasteiger partial charge in [-0.25, -0.2) is 0 Å². The van der Waals surface area contributed by atoms with E-state index in [9.17, 15) is 39.1 Å². The number of primary amides is 1. The van der Waals surface area contributed by atoms with Crippen LogP contribution in [-0.2, 0) is 25.6 Å². The summed E-state index contributed by atoms with van der Waals surface area (Å²) in [5, 5.41) is 24.3. The molecule has 2 aromatic rings. The molecule has 0 aliphatic heterocycles. The third-order valence-electron chi connectivity index (χ3n) is 9.78. The van der Waals surface area contributed by atoms with Crippen molar-refractivity contribution >= 4 is 34.9 Å². The largest absolute Gasteiger partial charge is 0.507 e. The van der Waals surface area contributed by atoms with Crippen molar-refractivity contribution in [1.29, 1.82) is 5.26 Å². The average molecular weight is 644 g/mol. The number of carbonyl (C=O) groups is 6. The van der Waals surface area contributed by atoms with Crippen LogP contribution in [0.5, 0.6) is 5.75 Å². The van der Waals surface area contributed by atoms with Crippen molar-refractivity contribution in [3.63, 3.8) is 0 Å². The summed E-state index contributed by atoms with van der Waals surface area (Å²) in [6.07, 6.45) is -0.717. The van der Waals surface area contributed by atoms with E-state index in [1.165, 1.54) is 25.1 Å². The number of fused-ring (bicyclic) bond motifs is 3. The summed E-state index contributed by atoms with van der Waals surface area (Å²) < 4.78 is 0. The predicted molar refractivity (Wildman–Crippen MR) is 168 cm³/mol. The van der Waals surface area contributed by atoms with E-state index in [4.69, 9.17) is 17.2 Å². The van der Waals surface area contributed by atoms with Crippen molar-refractivity contribution in [1.82, 2.24) is 15.1 Å². The van der Waals surface area contributed by atoms with Crippen LogP contribution in [0.1, 0.15) is 32.7 Å². The molecule has 2 fully saturated rings. The molecule has 8 N–H and O–H groups in total. The third kappa shape index (κ3) is 4.77. The Bertz CT molecular complexity index is 1780. The first-order chi connectivity index (χ1) is 22.0. The Kier molecular flexibility index (Phi) is 8.18. The zero-order chi connectivity index (χ0) is 34.8. The van der Waals surface area contributed by atoms with E-state index in [2.05, 4.69) is 5.32 Å². The summed E-state index contributed by atoms with van der Waals surface area (Å²) in [6, 6.07) is 9.64. The molecule has 3 aliphatic rings. The Morgan fingerprint density at radius 1 is 1.02 bits per heavy atom. The number of benzene rings is 2. The zero-order valence-electron chi connectivity index (χ0n) is 26.5. The molecule has 2 aromatic carbocycles. The summed E-state index contributed by atoms with van der Waals surface area (Å²) in [6.45, 7) is 1.11. The summed E-state index contributed by atoms with van der Waals surface area (Å²) >= 11 is 0. The fourth-order valence-corrected chi connectivity index (χ4v) is 7.77. The number of hydrogen-bond donors (Lipinski definition) is 5. The van der Waals surface area contributed by atoms with Crippen molar-refractivity contribution in [2.24, 2.45) is 34.5 Å². The molecule has 0 radical (unpaired) electrons. The summed E-state index contributed by atoms with van der Waals surface area (Å²) in [5.74, 6) is -10.5. The first-order valence-corrected chi connectivity index (χ1v) is 15.0. The molecule has 2 amide bonds. The first kappa shape index (κ1) is 33.6. The molecule has 5 rings (SSSR count). The number of phenols is 1. The van der Waals surface area contributed by atoms with Gasteiger partial charge in [-0.05, 0) is 75.9 Å². The Morgan fingerprint density at radius 3 is 2.21 bits per heavy atom. The van der Waals surface area contributed by atoms with Crippen molar-refractivity contribution in [3.05, 3.63) is 53.1 Å². The lowest BCUT2D eigenvalue weighted by atomic mass is 9.42. The summed E-state index contributed by atoms with van der Waals surface area (Å²) in [5.41, 5.74) is 13.9. The zero-order valence-corrected chi connectivity index (χ0v) is 26.5. The Balaban J connectivity index is 1.62. The third-order valence-corrected chi connectivity index (χ3v) is 9.78. The number of ketones is 4. The van der Waals surface area contributed by atoms with Gasteiger partial charge in [-0.1, -0.05) is 18.2 Å². The SMILES string of the molecule is CN(C)CCNC(=O)c1ccc(-c2ccc(O)c3c2C[C@@]2(N)C[C@@]4(N)[C@H](N(C)C)C(=O)C(C(N)=O)C(=O)[C@@]4(C#N)C(=O)C2C3=O)cc1. The van der Waals surface area contributed by atoms with E-state index in [-0.39, 0.29) is 17.9 Å². The van der Waals surface area contributed by atoms with Crippen molar-refractivity contribution in [3.8, 4) is 22.9 Å². The van der Waals surface area contributed by atoms with Crippen LogP contribution in [0, 0.1) is 28.6 Å². The minimum absolute atomic E-state index is 0.205. The number of Topliss-reactive ketones (excluding diaryl/α,β-unsaturated/α-hetero) is 4. The van der Waals surface area contributed by atoms with Crippen molar-refractivity contribution in [2.75, 3.05) is 41.3 Å². The summed E-state index contributed by atoms with van der Waals surface area (Å²) in [7, 11) is 6.66. The van der Waals surface area contributed by atoms with Gasteiger partial charge in [-0.2, -0.15) is 5.26 Å². The van der Waals surface area contributed by atoms with E-state index in [1.807, 2.05) is 19.0 Å². The van der Waals surface area contributed by atoms with E-state index in [1.54, 1.807) is 36.4 Å². The summed E-state index contributed by atoms with van der Waals surface area (Å²) in [4.78, 5) is 84.4. The topological polar surface area (TPSA) is 243 Å². The molecule has 6 atom stereocenters. The second kappa shape index (κ2) is 11.5. The lowest BCUT2D eigenvalue weighted by Crippen LogP contribution is -2.85. The second-order valence-corrected chi connectivity index (χ2v) is 13.2. The lowest BCUT2D eigenvalue weighted by molar-refractivity contribution is -0.166. The van der Waals surface area contributed by atoms with E-state index in [0.717, 1.165) is 0 Å². The molecule has 2 unspecified atom stereocenters. The van der Waals surface area contributed by atoms with E-state index >= 15 is 0 Å². The molecule has 246 valence electrons. The Labute approximate surface area is 270 Å². The number of phenolic OH excluding ortho intramolecular Hbond substituents is 1. The van der Waals surface area contributed by atoms with Crippen LogP contribution in [-0.4, -0.2) is 108 Å². The van der Waals surface area contributed by atoms with Crippen LogP contribution in [0.15, 0.2) is 36.4 Å². The number of amides is 2. The normalized spacial score (nSPS) is 30.0. The van der Waals surface area contributed by atoms with Gasteiger partial charge in [0.2, 0.25) is 5.91 Å². The van der Waals surface area contributed by atoms with Crippen LogP contribution in [0.25, 0.3) is 11.1 Å². The smallest absolute Gasteiger partial charge is 0.251 e. The highest BCUT2D eigenvalue weighted by molar-refractivity contribution is 6.33. The predicted octanol–water partition coefficient (Wildman–Crippen LogP) is -1.23. The highest BCUT2D eigenvalue weighted by Gasteiger charge is 2.78. The number of nitrogens with two attached hydrogens (primary N) is 3. The molecule has 3 aliphatic carbocycles. The molecule has 14 nitrogen and oxygen atoms in total. The Morgan fingerprint density at radius 2 is 1.66 bits per heavy atom. The van der Waals surface area contributed by atoms with Crippen molar-refractivity contribution < 1.29 is 33.9 Å². The average Bonchev–Trinajstić information content (AvgIpc) is 2.96.